The van der Waals surface area contributed by atoms with E-state index in [1.54, 1.807) is 42.5 Å². The van der Waals surface area contributed by atoms with E-state index in [4.69, 9.17) is 4.74 Å². The largest absolute Gasteiger partial charge is 0.465 e. The van der Waals surface area contributed by atoms with Gasteiger partial charge in [-0.05, 0) is 42.8 Å². The summed E-state index contributed by atoms with van der Waals surface area (Å²) in [5, 5.41) is 5.33. The van der Waals surface area contributed by atoms with Crippen molar-refractivity contribution in [1.82, 2.24) is 0 Å². The fraction of sp³-hybridized carbons (Fsp3) is 0.167. The number of hydrogen-bond acceptors (Lipinski definition) is 4. The minimum absolute atomic E-state index is 0.223. The Bertz CT molecular complexity index is 799. The molecule has 0 atom stereocenters. The number of hydrogen-bond donors (Lipinski definition) is 2. The van der Waals surface area contributed by atoms with Gasteiger partial charge in [-0.1, -0.05) is 12.1 Å². The first-order valence-corrected chi connectivity index (χ1v) is 7.28. The Morgan fingerprint density at radius 3 is 2.42 bits per heavy atom. The van der Waals surface area contributed by atoms with Crippen LogP contribution in [0.2, 0.25) is 0 Å². The first kappa shape index (κ1) is 17.2. The van der Waals surface area contributed by atoms with Gasteiger partial charge in [-0.2, -0.15) is 0 Å². The van der Waals surface area contributed by atoms with Crippen LogP contribution in [0.25, 0.3) is 0 Å². The molecule has 0 aliphatic rings. The minimum atomic E-state index is -0.530. The molecule has 2 aromatic rings. The maximum absolute atomic E-state index is 12.5. The Hall–Kier alpha value is -3.15. The second-order valence-electron chi connectivity index (χ2n) is 5.26. The molecule has 0 saturated carbocycles. The number of amides is 2. The van der Waals surface area contributed by atoms with Gasteiger partial charge < -0.3 is 15.4 Å². The summed E-state index contributed by atoms with van der Waals surface area (Å²) in [5.74, 6) is -1.14. The fourth-order valence-electron chi connectivity index (χ4n) is 2.19. The topological polar surface area (TPSA) is 84.5 Å². The molecule has 2 rings (SSSR count). The Morgan fingerprint density at radius 1 is 1.00 bits per heavy atom. The van der Waals surface area contributed by atoms with Crippen molar-refractivity contribution in [3.63, 3.8) is 0 Å². The third-order valence-corrected chi connectivity index (χ3v) is 3.27. The van der Waals surface area contributed by atoms with E-state index in [-0.39, 0.29) is 11.5 Å². The van der Waals surface area contributed by atoms with Crippen molar-refractivity contribution in [3.05, 3.63) is 59.2 Å². The molecule has 6 nitrogen and oxygen atoms in total. The summed E-state index contributed by atoms with van der Waals surface area (Å²) >= 11 is 0. The monoisotopic (exact) mass is 326 g/mol. The second-order valence-corrected chi connectivity index (χ2v) is 5.26. The zero-order valence-corrected chi connectivity index (χ0v) is 13.7. The second kappa shape index (κ2) is 7.41. The zero-order chi connectivity index (χ0) is 17.7. The smallest absolute Gasteiger partial charge is 0.339 e. The molecule has 2 aromatic carbocycles. The predicted molar refractivity (Wildman–Crippen MR) is 91.2 cm³/mol. The van der Waals surface area contributed by atoms with Crippen LogP contribution >= 0.6 is 0 Å². The lowest BCUT2D eigenvalue weighted by Crippen LogP contribution is -2.16. The first-order valence-electron chi connectivity index (χ1n) is 7.28. The highest BCUT2D eigenvalue weighted by Gasteiger charge is 2.15. The number of anilines is 2. The van der Waals surface area contributed by atoms with Gasteiger partial charge in [0.05, 0.1) is 18.4 Å². The SMILES string of the molecule is COC(=O)c1ccc(C)cc1NC(=O)c1cccc(NC(C)=O)c1. The minimum Gasteiger partial charge on any atom is -0.465 e. The zero-order valence-electron chi connectivity index (χ0n) is 13.7. The Morgan fingerprint density at radius 2 is 1.75 bits per heavy atom. The Kier molecular flexibility index (Phi) is 5.31. The van der Waals surface area contributed by atoms with Crippen LogP contribution in [0.5, 0.6) is 0 Å². The van der Waals surface area contributed by atoms with Crippen molar-refractivity contribution in [2.45, 2.75) is 13.8 Å². The average Bonchev–Trinajstić information content (AvgIpc) is 2.54. The van der Waals surface area contributed by atoms with Crippen molar-refractivity contribution in [2.75, 3.05) is 17.7 Å². The standard InChI is InChI=1S/C18H18N2O4/c1-11-7-8-15(18(23)24-3)16(9-11)20-17(22)13-5-4-6-14(10-13)19-12(2)21/h4-10H,1-3H3,(H,19,21)(H,20,22). The molecule has 124 valence electrons. The highest BCUT2D eigenvalue weighted by molar-refractivity contribution is 6.08. The van der Waals surface area contributed by atoms with E-state index >= 15 is 0 Å². The molecule has 0 heterocycles. The normalized spacial score (nSPS) is 9.96. The van der Waals surface area contributed by atoms with Crippen LogP contribution in [-0.2, 0) is 9.53 Å². The third kappa shape index (κ3) is 4.19. The van der Waals surface area contributed by atoms with Crippen LogP contribution in [0.4, 0.5) is 11.4 Å². The van der Waals surface area contributed by atoms with Gasteiger partial charge >= 0.3 is 5.97 Å². The molecule has 0 fully saturated rings. The lowest BCUT2D eigenvalue weighted by molar-refractivity contribution is -0.114. The van der Waals surface area contributed by atoms with Gasteiger partial charge in [0.25, 0.3) is 5.91 Å². The van der Waals surface area contributed by atoms with E-state index < -0.39 is 11.9 Å². The summed E-state index contributed by atoms with van der Waals surface area (Å²) in [6, 6.07) is 11.6. The molecular weight excluding hydrogens is 308 g/mol. The Balaban J connectivity index is 2.28. The molecule has 0 spiro atoms. The van der Waals surface area contributed by atoms with Crippen LogP contribution in [0.3, 0.4) is 0 Å². The fourth-order valence-corrected chi connectivity index (χ4v) is 2.19. The molecule has 0 saturated heterocycles. The number of benzene rings is 2. The van der Waals surface area contributed by atoms with Crippen molar-refractivity contribution in [3.8, 4) is 0 Å². The quantitative estimate of drug-likeness (QED) is 0.846. The van der Waals surface area contributed by atoms with E-state index in [0.717, 1.165) is 5.56 Å². The average molecular weight is 326 g/mol. The number of methoxy groups -OCH3 is 1. The van der Waals surface area contributed by atoms with Crippen LogP contribution in [0.15, 0.2) is 42.5 Å². The molecule has 0 bridgehead atoms. The van der Waals surface area contributed by atoms with E-state index in [1.165, 1.54) is 14.0 Å². The molecular formula is C18H18N2O4. The molecule has 0 radical (unpaired) electrons. The number of carbonyl (C=O) groups excluding carboxylic acids is 3. The molecule has 0 aromatic heterocycles. The van der Waals surface area contributed by atoms with Gasteiger partial charge in [0, 0.05) is 18.2 Å². The van der Waals surface area contributed by atoms with Crippen LogP contribution < -0.4 is 10.6 Å². The number of nitrogens with one attached hydrogen (secondary N) is 2. The highest BCUT2D eigenvalue weighted by atomic mass is 16.5. The maximum atomic E-state index is 12.5. The van der Waals surface area contributed by atoms with Crippen molar-refractivity contribution < 1.29 is 19.1 Å². The summed E-state index contributed by atoms with van der Waals surface area (Å²) in [7, 11) is 1.28. The van der Waals surface area contributed by atoms with Gasteiger partial charge in [0.15, 0.2) is 0 Å². The van der Waals surface area contributed by atoms with E-state index in [0.29, 0.717) is 16.9 Å². The van der Waals surface area contributed by atoms with E-state index in [2.05, 4.69) is 10.6 Å². The highest BCUT2D eigenvalue weighted by Crippen LogP contribution is 2.20. The van der Waals surface area contributed by atoms with Crippen LogP contribution in [-0.4, -0.2) is 24.9 Å². The van der Waals surface area contributed by atoms with Crippen molar-refractivity contribution in [1.29, 1.82) is 0 Å². The van der Waals surface area contributed by atoms with Gasteiger partial charge in [-0.25, -0.2) is 4.79 Å². The summed E-state index contributed by atoms with van der Waals surface area (Å²) in [5.41, 5.74) is 2.42. The van der Waals surface area contributed by atoms with Crippen molar-refractivity contribution >= 4 is 29.2 Å². The van der Waals surface area contributed by atoms with Crippen LogP contribution in [0.1, 0.15) is 33.2 Å². The molecule has 24 heavy (non-hydrogen) atoms. The first-order chi connectivity index (χ1) is 11.4. The summed E-state index contributed by atoms with van der Waals surface area (Å²) in [6.45, 7) is 3.25. The summed E-state index contributed by atoms with van der Waals surface area (Å²) < 4.78 is 4.73. The number of rotatable bonds is 4. The molecule has 0 unspecified atom stereocenters. The number of esters is 1. The van der Waals surface area contributed by atoms with Crippen LogP contribution in [0, 0.1) is 6.92 Å². The Labute approximate surface area is 139 Å². The lowest BCUT2D eigenvalue weighted by atomic mass is 10.1. The molecule has 2 amide bonds. The third-order valence-electron chi connectivity index (χ3n) is 3.27. The lowest BCUT2D eigenvalue weighted by Gasteiger charge is -2.11. The number of aryl methyl sites for hydroxylation is 1. The number of carbonyl (C=O) groups is 3. The van der Waals surface area contributed by atoms with Gasteiger partial charge in [0.2, 0.25) is 5.91 Å². The van der Waals surface area contributed by atoms with Gasteiger partial charge in [-0.3, -0.25) is 9.59 Å². The van der Waals surface area contributed by atoms with E-state index in [9.17, 15) is 14.4 Å². The summed E-state index contributed by atoms with van der Waals surface area (Å²) in [4.78, 5) is 35.4. The number of ether oxygens (including phenoxy) is 1. The molecule has 6 heteroatoms. The molecule has 2 N–H and O–H groups in total. The van der Waals surface area contributed by atoms with Crippen molar-refractivity contribution in [2.24, 2.45) is 0 Å². The van der Waals surface area contributed by atoms with E-state index in [1.807, 2.05) is 6.92 Å². The maximum Gasteiger partial charge on any atom is 0.339 e. The van der Waals surface area contributed by atoms with Gasteiger partial charge in [-0.15, -0.1) is 0 Å². The summed E-state index contributed by atoms with van der Waals surface area (Å²) in [6.07, 6.45) is 0. The molecule has 0 aliphatic heterocycles. The predicted octanol–water partition coefficient (Wildman–Crippen LogP) is 2.99. The van der Waals surface area contributed by atoms with Gasteiger partial charge in [0.1, 0.15) is 0 Å². The molecule has 0 aliphatic carbocycles.